The van der Waals surface area contributed by atoms with Gasteiger partial charge in [-0.25, -0.2) is 4.98 Å². The third-order valence-corrected chi connectivity index (χ3v) is 2.93. The van der Waals surface area contributed by atoms with Gasteiger partial charge < -0.3 is 10.8 Å². The predicted molar refractivity (Wildman–Crippen MR) is 70.0 cm³/mol. The molecule has 0 saturated carbocycles. The summed E-state index contributed by atoms with van der Waals surface area (Å²) in [5.41, 5.74) is 8.16. The monoisotopic (exact) mass is 246 g/mol. The average molecular weight is 246 g/mol. The van der Waals surface area contributed by atoms with Gasteiger partial charge in [0.15, 0.2) is 0 Å². The van der Waals surface area contributed by atoms with E-state index in [-0.39, 0.29) is 0 Å². The van der Waals surface area contributed by atoms with Crippen molar-refractivity contribution in [2.75, 3.05) is 5.73 Å². The normalized spacial score (nSPS) is 12.6. The third-order valence-electron chi connectivity index (χ3n) is 2.93. The molecule has 5 heteroatoms. The molecule has 0 saturated heterocycles. The zero-order chi connectivity index (χ0) is 13.1. The van der Waals surface area contributed by atoms with Gasteiger partial charge in [-0.15, -0.1) is 0 Å². The van der Waals surface area contributed by atoms with Crippen LogP contribution in [0.3, 0.4) is 0 Å². The minimum absolute atomic E-state index is 0.366. The molecule has 0 aliphatic heterocycles. The molecular formula is C13H18N4O. The molecule has 18 heavy (non-hydrogen) atoms. The lowest BCUT2D eigenvalue weighted by Crippen LogP contribution is -2.07. The van der Waals surface area contributed by atoms with E-state index in [0.717, 1.165) is 24.1 Å². The fraction of sp³-hybridized carbons (Fsp3) is 0.385. The lowest BCUT2D eigenvalue weighted by molar-refractivity contribution is 0.220. The van der Waals surface area contributed by atoms with Crippen LogP contribution in [0.1, 0.15) is 36.1 Å². The van der Waals surface area contributed by atoms with Crippen LogP contribution in [0.2, 0.25) is 0 Å². The van der Waals surface area contributed by atoms with Crippen LogP contribution in [0.15, 0.2) is 24.7 Å². The van der Waals surface area contributed by atoms with Crippen molar-refractivity contribution in [3.05, 3.63) is 41.3 Å². The molecule has 0 amide bonds. The quantitative estimate of drug-likeness (QED) is 0.860. The number of rotatable bonds is 4. The molecule has 0 fully saturated rings. The summed E-state index contributed by atoms with van der Waals surface area (Å²) in [5, 5.41) is 14.6. The first-order chi connectivity index (χ1) is 8.63. The molecule has 2 rings (SSSR count). The zero-order valence-corrected chi connectivity index (χ0v) is 10.7. The lowest BCUT2D eigenvalue weighted by atomic mass is 10.0. The predicted octanol–water partition coefficient (Wildman–Crippen LogP) is 1.66. The Balaban J connectivity index is 2.32. The highest BCUT2D eigenvalue weighted by atomic mass is 16.3. The van der Waals surface area contributed by atoms with E-state index in [1.165, 1.54) is 0 Å². The molecule has 96 valence electrons. The number of nitrogens with zero attached hydrogens (tertiary/aromatic N) is 3. The summed E-state index contributed by atoms with van der Waals surface area (Å²) in [4.78, 5) is 4.02. The van der Waals surface area contributed by atoms with E-state index in [4.69, 9.17) is 5.73 Å². The summed E-state index contributed by atoms with van der Waals surface area (Å²) < 4.78 is 1.82. The first-order valence-electron chi connectivity index (χ1n) is 6.05. The maximum Gasteiger partial charge on any atom is 0.129 e. The SMILES string of the molecule is CCCn1cc(C(O)c2c(C)ccnc2N)cn1. The summed E-state index contributed by atoms with van der Waals surface area (Å²) in [5.74, 6) is 0.366. The second-order valence-corrected chi connectivity index (χ2v) is 4.37. The van der Waals surface area contributed by atoms with Gasteiger partial charge in [-0.3, -0.25) is 4.68 Å². The van der Waals surface area contributed by atoms with Crippen LogP contribution < -0.4 is 5.73 Å². The van der Waals surface area contributed by atoms with Gasteiger partial charge in [-0.2, -0.15) is 5.10 Å². The highest BCUT2D eigenvalue weighted by molar-refractivity contribution is 5.48. The molecule has 0 bridgehead atoms. The van der Waals surface area contributed by atoms with Crippen molar-refractivity contribution < 1.29 is 5.11 Å². The van der Waals surface area contributed by atoms with Gasteiger partial charge in [0.05, 0.1) is 6.20 Å². The largest absolute Gasteiger partial charge is 0.383 e. The van der Waals surface area contributed by atoms with Gasteiger partial charge in [0.2, 0.25) is 0 Å². The van der Waals surface area contributed by atoms with Crippen molar-refractivity contribution in [2.45, 2.75) is 32.9 Å². The standard InChI is InChI=1S/C13H18N4O/c1-3-6-17-8-10(7-16-17)12(18)11-9(2)4-5-15-13(11)14/h4-5,7-8,12,18H,3,6H2,1-2H3,(H2,14,15). The number of nitrogen functional groups attached to an aromatic ring is 1. The summed E-state index contributed by atoms with van der Waals surface area (Å²) in [6.07, 6.45) is 5.39. The summed E-state index contributed by atoms with van der Waals surface area (Å²) in [6, 6.07) is 1.84. The number of aliphatic hydroxyl groups is 1. The second kappa shape index (κ2) is 5.18. The van der Waals surface area contributed by atoms with Crippen molar-refractivity contribution in [3.63, 3.8) is 0 Å². The Kier molecular flexibility index (Phi) is 3.62. The number of aryl methyl sites for hydroxylation is 2. The highest BCUT2D eigenvalue weighted by Gasteiger charge is 2.18. The van der Waals surface area contributed by atoms with Gasteiger partial charge in [0, 0.05) is 30.1 Å². The van der Waals surface area contributed by atoms with Gasteiger partial charge in [0.25, 0.3) is 0 Å². The molecular weight excluding hydrogens is 228 g/mol. The first kappa shape index (κ1) is 12.6. The molecule has 2 aromatic heterocycles. The zero-order valence-electron chi connectivity index (χ0n) is 10.7. The molecule has 0 radical (unpaired) electrons. The maximum absolute atomic E-state index is 10.4. The molecule has 1 atom stereocenters. The fourth-order valence-electron chi connectivity index (χ4n) is 1.99. The Bertz CT molecular complexity index is 515. The Morgan fingerprint density at radius 3 is 2.94 bits per heavy atom. The molecule has 2 heterocycles. The molecule has 3 N–H and O–H groups in total. The topological polar surface area (TPSA) is 77.0 Å². The number of hydrogen-bond acceptors (Lipinski definition) is 4. The van der Waals surface area contributed by atoms with Crippen LogP contribution in [0, 0.1) is 6.92 Å². The van der Waals surface area contributed by atoms with Crippen molar-refractivity contribution >= 4 is 5.82 Å². The summed E-state index contributed by atoms with van der Waals surface area (Å²) in [6.45, 7) is 4.84. The molecule has 5 nitrogen and oxygen atoms in total. The van der Waals surface area contributed by atoms with E-state index < -0.39 is 6.10 Å². The van der Waals surface area contributed by atoms with E-state index >= 15 is 0 Å². The Labute approximate surface area is 106 Å². The van der Waals surface area contributed by atoms with E-state index in [0.29, 0.717) is 11.4 Å². The third kappa shape index (κ3) is 2.36. The van der Waals surface area contributed by atoms with Gasteiger partial charge in [-0.05, 0) is 25.0 Å². The van der Waals surface area contributed by atoms with Crippen molar-refractivity contribution in [1.82, 2.24) is 14.8 Å². The smallest absolute Gasteiger partial charge is 0.129 e. The van der Waals surface area contributed by atoms with Crippen molar-refractivity contribution in [1.29, 1.82) is 0 Å². The fourth-order valence-corrected chi connectivity index (χ4v) is 1.99. The Morgan fingerprint density at radius 1 is 1.50 bits per heavy atom. The van der Waals surface area contributed by atoms with E-state index in [9.17, 15) is 5.11 Å². The van der Waals surface area contributed by atoms with Crippen LogP contribution >= 0.6 is 0 Å². The van der Waals surface area contributed by atoms with Gasteiger partial charge in [0.1, 0.15) is 11.9 Å². The number of anilines is 1. The summed E-state index contributed by atoms with van der Waals surface area (Å²) >= 11 is 0. The average Bonchev–Trinajstić information content (AvgIpc) is 2.78. The minimum atomic E-state index is -0.774. The van der Waals surface area contributed by atoms with E-state index in [2.05, 4.69) is 17.0 Å². The molecule has 0 aliphatic rings. The first-order valence-corrected chi connectivity index (χ1v) is 6.05. The van der Waals surface area contributed by atoms with E-state index in [1.807, 2.05) is 23.9 Å². The number of aromatic nitrogens is 3. The van der Waals surface area contributed by atoms with Crippen LogP contribution in [0.25, 0.3) is 0 Å². The van der Waals surface area contributed by atoms with Crippen LogP contribution in [0.5, 0.6) is 0 Å². The molecule has 0 spiro atoms. The molecule has 1 unspecified atom stereocenters. The molecule has 0 aromatic carbocycles. The lowest BCUT2D eigenvalue weighted by Gasteiger charge is -2.13. The van der Waals surface area contributed by atoms with Crippen molar-refractivity contribution in [3.8, 4) is 0 Å². The van der Waals surface area contributed by atoms with Crippen LogP contribution in [-0.2, 0) is 6.54 Å². The Hall–Kier alpha value is -1.88. The number of hydrogen-bond donors (Lipinski definition) is 2. The molecule has 0 aliphatic carbocycles. The second-order valence-electron chi connectivity index (χ2n) is 4.37. The molecule has 2 aromatic rings. The van der Waals surface area contributed by atoms with Crippen molar-refractivity contribution in [2.24, 2.45) is 0 Å². The minimum Gasteiger partial charge on any atom is -0.383 e. The van der Waals surface area contributed by atoms with Crippen LogP contribution in [-0.4, -0.2) is 19.9 Å². The van der Waals surface area contributed by atoms with Gasteiger partial charge >= 0.3 is 0 Å². The summed E-state index contributed by atoms with van der Waals surface area (Å²) in [7, 11) is 0. The maximum atomic E-state index is 10.4. The number of pyridine rings is 1. The van der Waals surface area contributed by atoms with E-state index in [1.54, 1.807) is 12.4 Å². The van der Waals surface area contributed by atoms with Crippen LogP contribution in [0.4, 0.5) is 5.82 Å². The Morgan fingerprint density at radius 2 is 2.28 bits per heavy atom. The number of nitrogens with two attached hydrogens (primary N) is 1. The number of aliphatic hydroxyl groups excluding tert-OH is 1. The van der Waals surface area contributed by atoms with Gasteiger partial charge in [-0.1, -0.05) is 6.92 Å². The highest BCUT2D eigenvalue weighted by Crippen LogP contribution is 2.27.